The molecule has 2 N–H and O–H groups in total. The monoisotopic (exact) mass is 266 g/mol. The van der Waals surface area contributed by atoms with Crippen molar-refractivity contribution in [1.82, 2.24) is 0 Å². The normalized spacial score (nSPS) is 11.6. The predicted octanol–water partition coefficient (Wildman–Crippen LogP) is 0.450. The van der Waals surface area contributed by atoms with Crippen molar-refractivity contribution in [2.24, 2.45) is 0 Å². The number of esters is 2. The van der Waals surface area contributed by atoms with E-state index in [0.29, 0.717) is 0 Å². The lowest BCUT2D eigenvalue weighted by Crippen LogP contribution is -2.06. The number of allylic oxidation sites excluding steroid dienone is 4. The summed E-state index contributed by atoms with van der Waals surface area (Å²) in [4.78, 5) is 42.1. The third-order valence-electron chi connectivity index (χ3n) is 1.37. The Hall–Kier alpha value is -2.96. The second-order valence-corrected chi connectivity index (χ2v) is 2.85. The van der Waals surface area contributed by atoms with Crippen LogP contribution in [0.4, 0.5) is 0 Å². The van der Waals surface area contributed by atoms with Crippen LogP contribution in [0.25, 0.3) is 0 Å². The Morgan fingerprint density at radius 1 is 0.632 bits per heavy atom. The summed E-state index contributed by atoms with van der Waals surface area (Å²) >= 11 is 0. The van der Waals surface area contributed by atoms with Gasteiger partial charge in [0.25, 0.3) is 0 Å². The summed E-state index contributed by atoms with van der Waals surface area (Å²) in [6.07, 6.45) is 7.66. The Balaban J connectivity index is 4.16. The van der Waals surface area contributed by atoms with Crippen LogP contribution in [-0.4, -0.2) is 34.1 Å². The molecule has 0 aliphatic carbocycles. The van der Waals surface area contributed by atoms with Gasteiger partial charge in [0.05, 0.1) is 0 Å². The molecule has 0 aliphatic heterocycles. The van der Waals surface area contributed by atoms with Gasteiger partial charge in [0.1, 0.15) is 0 Å². The highest BCUT2D eigenvalue weighted by atomic mass is 16.6. The molecule has 0 saturated heterocycles. The summed E-state index contributed by atoms with van der Waals surface area (Å²) in [6.45, 7) is 0. The number of carboxylic acids is 2. The van der Waals surface area contributed by atoms with Crippen LogP contribution in [-0.2, 0) is 23.9 Å². The van der Waals surface area contributed by atoms with Crippen molar-refractivity contribution >= 4 is 23.9 Å². The average molecular weight is 266 g/mol. The van der Waals surface area contributed by atoms with Gasteiger partial charge in [-0.15, -0.1) is 0 Å². The molecule has 0 spiro atoms. The summed E-state index contributed by atoms with van der Waals surface area (Å²) in [5, 5.41) is 16.5. The molecule has 100 valence electrons. The number of rotatable bonds is 6. The number of carbonyl (C=O) groups is 4. The molecule has 0 bridgehead atoms. The molecule has 19 heavy (non-hydrogen) atoms. The van der Waals surface area contributed by atoms with E-state index in [-0.39, 0.29) is 0 Å². The van der Waals surface area contributed by atoms with E-state index in [4.69, 9.17) is 10.2 Å². The lowest BCUT2D eigenvalue weighted by Gasteiger charge is -1.92. The average Bonchev–Trinajstić information content (AvgIpc) is 2.30. The van der Waals surface area contributed by atoms with Gasteiger partial charge < -0.3 is 14.9 Å². The van der Waals surface area contributed by atoms with Crippen LogP contribution in [0.1, 0.15) is 0 Å². The second kappa shape index (κ2) is 9.11. The molecule has 0 atom stereocenters. The minimum Gasteiger partial charge on any atom is -0.478 e. The quantitative estimate of drug-likeness (QED) is 0.310. The van der Waals surface area contributed by atoms with Crippen LogP contribution in [0.3, 0.4) is 0 Å². The highest BCUT2D eigenvalue weighted by Crippen LogP contribution is 1.88. The number of ether oxygens (including phenoxy) is 1. The highest BCUT2D eigenvalue weighted by molar-refractivity contribution is 5.96. The van der Waals surface area contributed by atoms with Gasteiger partial charge in [0, 0.05) is 24.3 Å². The minimum atomic E-state index is -1.18. The van der Waals surface area contributed by atoms with Gasteiger partial charge in [0.15, 0.2) is 0 Å². The number of carbonyl (C=O) groups excluding carboxylic acids is 2. The van der Waals surface area contributed by atoms with Crippen LogP contribution >= 0.6 is 0 Å². The molecule has 0 unspecified atom stereocenters. The van der Waals surface area contributed by atoms with Crippen molar-refractivity contribution in [2.75, 3.05) is 0 Å². The van der Waals surface area contributed by atoms with Crippen LogP contribution in [0.2, 0.25) is 0 Å². The van der Waals surface area contributed by atoms with E-state index >= 15 is 0 Å². The summed E-state index contributed by atoms with van der Waals surface area (Å²) in [7, 11) is 0. The van der Waals surface area contributed by atoms with Gasteiger partial charge >= 0.3 is 23.9 Å². The SMILES string of the molecule is O=C(O)/C=C/C=C/C(=O)OC(=O)/C=C/C=C/C(=O)O. The van der Waals surface area contributed by atoms with E-state index < -0.39 is 23.9 Å². The third-order valence-corrected chi connectivity index (χ3v) is 1.37. The molecule has 0 aromatic heterocycles. The van der Waals surface area contributed by atoms with Crippen LogP contribution in [0.5, 0.6) is 0 Å². The Morgan fingerprint density at radius 3 is 1.26 bits per heavy atom. The van der Waals surface area contributed by atoms with Crippen molar-refractivity contribution in [2.45, 2.75) is 0 Å². The van der Waals surface area contributed by atoms with Crippen LogP contribution in [0.15, 0.2) is 48.6 Å². The van der Waals surface area contributed by atoms with Gasteiger partial charge in [-0.05, 0) is 0 Å². The molecule has 0 amide bonds. The Morgan fingerprint density at radius 2 is 0.947 bits per heavy atom. The first-order valence-electron chi connectivity index (χ1n) is 4.83. The number of hydrogen-bond donors (Lipinski definition) is 2. The predicted molar refractivity (Wildman–Crippen MR) is 62.9 cm³/mol. The second-order valence-electron chi connectivity index (χ2n) is 2.85. The van der Waals surface area contributed by atoms with Gasteiger partial charge in [-0.2, -0.15) is 0 Å². The minimum absolute atomic E-state index is 0.794. The fraction of sp³-hybridized carbons (Fsp3) is 0. The van der Waals surface area contributed by atoms with Crippen molar-refractivity contribution in [3.8, 4) is 0 Å². The summed E-state index contributed by atoms with van der Waals surface area (Å²) in [5.41, 5.74) is 0. The summed E-state index contributed by atoms with van der Waals surface area (Å²) in [5.74, 6) is -4.32. The topological polar surface area (TPSA) is 118 Å². The van der Waals surface area contributed by atoms with E-state index in [0.717, 1.165) is 48.6 Å². The summed E-state index contributed by atoms with van der Waals surface area (Å²) < 4.78 is 4.25. The molecule has 0 fully saturated rings. The molecule has 0 saturated carbocycles. The highest BCUT2D eigenvalue weighted by Gasteiger charge is 2.01. The zero-order chi connectivity index (χ0) is 14.7. The Labute approximate surface area is 107 Å². The van der Waals surface area contributed by atoms with E-state index in [1.54, 1.807) is 0 Å². The maximum Gasteiger partial charge on any atom is 0.338 e. The van der Waals surface area contributed by atoms with Crippen molar-refractivity contribution in [1.29, 1.82) is 0 Å². The molecule has 0 heterocycles. The number of hydrogen-bond acceptors (Lipinski definition) is 5. The lowest BCUT2D eigenvalue weighted by atomic mass is 10.4. The molecule has 0 rings (SSSR count). The largest absolute Gasteiger partial charge is 0.478 e. The van der Waals surface area contributed by atoms with Crippen molar-refractivity contribution in [3.63, 3.8) is 0 Å². The zero-order valence-electron chi connectivity index (χ0n) is 9.55. The van der Waals surface area contributed by atoms with Crippen LogP contribution < -0.4 is 0 Å². The fourth-order valence-electron chi connectivity index (χ4n) is 0.711. The van der Waals surface area contributed by atoms with Gasteiger partial charge in [0.2, 0.25) is 0 Å². The van der Waals surface area contributed by atoms with Gasteiger partial charge in [-0.25, -0.2) is 19.2 Å². The molecule has 0 aromatic rings. The fourth-order valence-corrected chi connectivity index (χ4v) is 0.711. The number of carboxylic acid groups (broad SMARTS) is 2. The number of aliphatic carboxylic acids is 2. The van der Waals surface area contributed by atoms with Gasteiger partial charge in [-0.3, -0.25) is 0 Å². The van der Waals surface area contributed by atoms with Crippen molar-refractivity contribution in [3.05, 3.63) is 48.6 Å². The molecular formula is C12H10O7. The van der Waals surface area contributed by atoms with E-state index in [9.17, 15) is 19.2 Å². The van der Waals surface area contributed by atoms with E-state index in [1.165, 1.54) is 0 Å². The van der Waals surface area contributed by atoms with Crippen molar-refractivity contribution < 1.29 is 34.1 Å². The Kier molecular flexibility index (Phi) is 7.69. The maximum atomic E-state index is 11.0. The smallest absolute Gasteiger partial charge is 0.338 e. The molecule has 0 radical (unpaired) electrons. The van der Waals surface area contributed by atoms with E-state index in [2.05, 4.69) is 4.74 Å². The molecule has 7 nitrogen and oxygen atoms in total. The first-order valence-corrected chi connectivity index (χ1v) is 4.83. The zero-order valence-corrected chi connectivity index (χ0v) is 9.55. The molecular weight excluding hydrogens is 256 g/mol. The third kappa shape index (κ3) is 11.3. The van der Waals surface area contributed by atoms with Gasteiger partial charge in [-0.1, -0.05) is 24.3 Å². The standard InChI is InChI=1S/C12H10O7/c13-9(14)5-1-3-7-11(17)19-12(18)8-4-2-6-10(15)16/h1-8H,(H,13,14)(H,15,16)/b5-1+,6-2+,7-3+,8-4+. The molecule has 0 aliphatic rings. The lowest BCUT2D eigenvalue weighted by molar-refractivity contribution is -0.152. The molecule has 0 aromatic carbocycles. The van der Waals surface area contributed by atoms with Crippen LogP contribution in [0, 0.1) is 0 Å². The Bertz CT molecular complexity index is 436. The molecule has 7 heteroatoms. The first kappa shape index (κ1) is 16.0. The first-order chi connectivity index (χ1) is 8.91. The van der Waals surface area contributed by atoms with E-state index in [1.807, 2.05) is 0 Å². The maximum absolute atomic E-state index is 11.0. The summed E-state index contributed by atoms with van der Waals surface area (Å²) in [6, 6.07) is 0.